The van der Waals surface area contributed by atoms with E-state index in [1.807, 2.05) is 48.5 Å². The molecule has 0 bridgehead atoms. The number of benzene rings is 3. The molecule has 35 heavy (non-hydrogen) atoms. The fraction of sp³-hybridized carbons (Fsp3) is 0.222. The normalized spacial score (nSPS) is 16.7. The van der Waals surface area contributed by atoms with E-state index in [0.717, 1.165) is 16.7 Å². The van der Waals surface area contributed by atoms with Gasteiger partial charge in [-0.25, -0.2) is 12.8 Å². The summed E-state index contributed by atoms with van der Waals surface area (Å²) in [5, 5.41) is 0.765. The highest BCUT2D eigenvalue weighted by Gasteiger charge is 2.40. The minimum atomic E-state index is -4.02. The lowest BCUT2D eigenvalue weighted by Gasteiger charge is -2.21. The molecule has 0 amide bonds. The van der Waals surface area contributed by atoms with E-state index in [-0.39, 0.29) is 29.4 Å². The molecule has 4 aromatic rings. The number of rotatable bonds is 7. The molecule has 1 atom stereocenters. The van der Waals surface area contributed by atoms with Gasteiger partial charge in [0.2, 0.25) is 5.09 Å². The molecular weight excluding hydrogens is 489 g/mol. The van der Waals surface area contributed by atoms with Crippen molar-refractivity contribution in [1.29, 1.82) is 0 Å². The van der Waals surface area contributed by atoms with Gasteiger partial charge in [0.05, 0.1) is 6.04 Å². The van der Waals surface area contributed by atoms with Crippen LogP contribution in [0.4, 0.5) is 4.39 Å². The standard InChI is InChI=1S/C27H23ClFNO4S/c28-22-9-7-19(8-10-22)20-4-1-3-18(15-20)6-12-25(31)24-5-2-14-30(24)35(32,33)27-17-21-16-23(29)11-13-26(21)34-27/h1,3-4,7-11,13,15-17,24H,2,5-6,12,14H2. The van der Waals surface area contributed by atoms with Gasteiger partial charge < -0.3 is 4.42 Å². The van der Waals surface area contributed by atoms with Crippen LogP contribution >= 0.6 is 11.6 Å². The van der Waals surface area contributed by atoms with Crippen LogP contribution < -0.4 is 0 Å². The molecule has 1 unspecified atom stereocenters. The number of fused-ring (bicyclic) bond motifs is 1. The van der Waals surface area contributed by atoms with Crippen LogP contribution in [-0.4, -0.2) is 31.1 Å². The Morgan fingerprint density at radius 1 is 1.03 bits per heavy atom. The van der Waals surface area contributed by atoms with Crippen LogP contribution in [-0.2, 0) is 21.2 Å². The van der Waals surface area contributed by atoms with Gasteiger partial charge in [-0.15, -0.1) is 0 Å². The molecule has 1 fully saturated rings. The maximum Gasteiger partial charge on any atom is 0.277 e. The summed E-state index contributed by atoms with van der Waals surface area (Å²) in [4.78, 5) is 13.1. The summed E-state index contributed by atoms with van der Waals surface area (Å²) in [6, 6.07) is 19.9. The highest BCUT2D eigenvalue weighted by molar-refractivity contribution is 7.89. The Morgan fingerprint density at radius 2 is 1.83 bits per heavy atom. The van der Waals surface area contributed by atoms with Crippen LogP contribution in [0.15, 0.2) is 82.3 Å². The highest BCUT2D eigenvalue weighted by atomic mass is 35.5. The van der Waals surface area contributed by atoms with Crippen molar-refractivity contribution in [2.75, 3.05) is 6.54 Å². The quantitative estimate of drug-likeness (QED) is 0.294. The maximum atomic E-state index is 13.5. The molecule has 0 spiro atoms. The Kier molecular flexibility index (Phi) is 6.49. The van der Waals surface area contributed by atoms with Crippen molar-refractivity contribution >= 4 is 38.4 Å². The van der Waals surface area contributed by atoms with Crippen molar-refractivity contribution in [2.24, 2.45) is 0 Å². The average Bonchev–Trinajstić information content (AvgIpc) is 3.51. The summed E-state index contributed by atoms with van der Waals surface area (Å²) in [6.07, 6.45) is 1.80. The Hall–Kier alpha value is -3.00. The van der Waals surface area contributed by atoms with Gasteiger partial charge in [-0.1, -0.05) is 48.0 Å². The lowest BCUT2D eigenvalue weighted by molar-refractivity contribution is -0.122. The lowest BCUT2D eigenvalue weighted by atomic mass is 9.98. The van der Waals surface area contributed by atoms with Crippen LogP contribution in [0, 0.1) is 5.82 Å². The smallest absolute Gasteiger partial charge is 0.277 e. The first-order valence-corrected chi connectivity index (χ1v) is 13.2. The van der Waals surface area contributed by atoms with Crippen molar-refractivity contribution in [2.45, 2.75) is 36.8 Å². The number of aryl methyl sites for hydroxylation is 1. The lowest BCUT2D eigenvalue weighted by Crippen LogP contribution is -2.40. The predicted octanol–water partition coefficient (Wildman–Crippen LogP) is 6.25. The first-order valence-electron chi connectivity index (χ1n) is 11.4. The largest absolute Gasteiger partial charge is 0.443 e. The Bertz CT molecular complexity index is 1500. The molecular formula is C27H23ClFNO4S. The van der Waals surface area contributed by atoms with Crippen LogP contribution in [0.3, 0.4) is 0 Å². The van der Waals surface area contributed by atoms with E-state index >= 15 is 0 Å². The molecule has 5 rings (SSSR count). The van der Waals surface area contributed by atoms with Gasteiger partial charge in [-0.2, -0.15) is 4.31 Å². The van der Waals surface area contributed by atoms with Crippen LogP contribution in [0.1, 0.15) is 24.8 Å². The molecule has 8 heteroatoms. The maximum absolute atomic E-state index is 13.5. The van der Waals surface area contributed by atoms with E-state index < -0.39 is 21.9 Å². The molecule has 0 saturated carbocycles. The number of carbonyl (C=O) groups excluding carboxylic acids is 1. The second kappa shape index (κ2) is 9.57. The van der Waals surface area contributed by atoms with Crippen molar-refractivity contribution in [1.82, 2.24) is 4.31 Å². The van der Waals surface area contributed by atoms with Gasteiger partial charge in [0.25, 0.3) is 10.0 Å². The monoisotopic (exact) mass is 511 g/mol. The second-order valence-electron chi connectivity index (χ2n) is 8.69. The van der Waals surface area contributed by atoms with E-state index in [0.29, 0.717) is 29.7 Å². The van der Waals surface area contributed by atoms with Crippen molar-refractivity contribution in [3.8, 4) is 11.1 Å². The van der Waals surface area contributed by atoms with Crippen molar-refractivity contribution in [3.63, 3.8) is 0 Å². The fourth-order valence-corrected chi connectivity index (χ4v) is 6.32. The van der Waals surface area contributed by atoms with Crippen LogP contribution in [0.5, 0.6) is 0 Å². The van der Waals surface area contributed by atoms with E-state index in [1.165, 1.54) is 28.6 Å². The number of Topliss-reactive ketones (excluding diaryl/α,β-unsaturated/α-hetero) is 1. The molecule has 2 heterocycles. The first kappa shape index (κ1) is 23.7. The zero-order valence-corrected chi connectivity index (χ0v) is 20.4. The summed E-state index contributed by atoms with van der Waals surface area (Å²) in [5.74, 6) is -0.596. The van der Waals surface area contributed by atoms with Gasteiger partial charge >= 0.3 is 0 Å². The molecule has 0 aliphatic carbocycles. The van der Waals surface area contributed by atoms with Crippen molar-refractivity contribution < 1.29 is 22.0 Å². The third-order valence-corrected chi connectivity index (χ3v) is 8.37. The molecule has 0 N–H and O–H groups in total. The number of furan rings is 1. The molecule has 5 nitrogen and oxygen atoms in total. The summed E-state index contributed by atoms with van der Waals surface area (Å²) in [5.41, 5.74) is 3.34. The molecule has 1 aromatic heterocycles. The first-order chi connectivity index (χ1) is 16.8. The second-order valence-corrected chi connectivity index (χ2v) is 11.0. The molecule has 1 aliphatic rings. The Balaban J connectivity index is 1.30. The van der Waals surface area contributed by atoms with Crippen molar-refractivity contribution in [3.05, 3.63) is 89.2 Å². The van der Waals surface area contributed by atoms with E-state index in [1.54, 1.807) is 0 Å². The van der Waals surface area contributed by atoms with Gasteiger partial charge in [0.15, 0.2) is 5.78 Å². The van der Waals surface area contributed by atoms with Gasteiger partial charge in [0, 0.05) is 29.4 Å². The SMILES string of the molecule is O=C(CCc1cccc(-c2ccc(Cl)cc2)c1)C1CCCN1S(=O)(=O)c1cc2cc(F)ccc2o1. The third-order valence-electron chi connectivity index (χ3n) is 6.36. The fourth-order valence-electron chi connectivity index (χ4n) is 4.57. The van der Waals surface area contributed by atoms with Gasteiger partial charge in [-0.3, -0.25) is 4.79 Å². The average molecular weight is 512 g/mol. The van der Waals surface area contributed by atoms with E-state index in [9.17, 15) is 17.6 Å². The van der Waals surface area contributed by atoms with E-state index in [4.69, 9.17) is 16.0 Å². The summed E-state index contributed by atoms with van der Waals surface area (Å²) in [7, 11) is -4.02. The zero-order valence-electron chi connectivity index (χ0n) is 18.8. The topological polar surface area (TPSA) is 67.6 Å². The molecule has 1 saturated heterocycles. The number of hydrogen-bond acceptors (Lipinski definition) is 4. The third kappa shape index (κ3) is 4.89. The Labute approximate surface area is 208 Å². The molecule has 0 radical (unpaired) electrons. The molecule has 180 valence electrons. The predicted molar refractivity (Wildman–Crippen MR) is 133 cm³/mol. The molecule has 3 aromatic carbocycles. The summed E-state index contributed by atoms with van der Waals surface area (Å²) in [6.45, 7) is 0.246. The molecule has 1 aliphatic heterocycles. The number of sulfonamides is 1. The minimum Gasteiger partial charge on any atom is -0.443 e. The highest BCUT2D eigenvalue weighted by Crippen LogP contribution is 2.31. The van der Waals surface area contributed by atoms with Gasteiger partial charge in [-0.05, 0) is 66.3 Å². The number of carbonyl (C=O) groups is 1. The van der Waals surface area contributed by atoms with Gasteiger partial charge in [0.1, 0.15) is 11.4 Å². The summed E-state index contributed by atoms with van der Waals surface area (Å²) >= 11 is 5.98. The number of halogens is 2. The van der Waals surface area contributed by atoms with E-state index in [2.05, 4.69) is 0 Å². The summed E-state index contributed by atoms with van der Waals surface area (Å²) < 4.78 is 46.8. The number of ketones is 1. The Morgan fingerprint density at radius 3 is 2.63 bits per heavy atom. The van der Waals surface area contributed by atoms with Crippen LogP contribution in [0.2, 0.25) is 5.02 Å². The number of hydrogen-bond donors (Lipinski definition) is 0. The van der Waals surface area contributed by atoms with Crippen LogP contribution in [0.25, 0.3) is 22.1 Å². The zero-order chi connectivity index (χ0) is 24.6. The minimum absolute atomic E-state index is 0.120. The number of nitrogens with zero attached hydrogens (tertiary/aromatic N) is 1.